The average Bonchev–Trinajstić information content (AvgIpc) is 2.70. The summed E-state index contributed by atoms with van der Waals surface area (Å²) in [5, 5.41) is 2.87. The number of methoxy groups -OCH3 is 2. The lowest BCUT2D eigenvalue weighted by Gasteiger charge is -2.21. The fraction of sp³-hybridized carbons (Fsp3) is 0.364. The number of aryl methyl sites for hydroxylation is 1. The molecule has 0 heterocycles. The monoisotopic (exact) mass is 384 g/mol. The van der Waals surface area contributed by atoms with Crippen LogP contribution >= 0.6 is 0 Å². The van der Waals surface area contributed by atoms with Crippen molar-refractivity contribution in [3.8, 4) is 11.5 Å². The van der Waals surface area contributed by atoms with Crippen LogP contribution in [0.5, 0.6) is 11.5 Å². The van der Waals surface area contributed by atoms with Crippen LogP contribution in [0.15, 0.2) is 42.5 Å². The summed E-state index contributed by atoms with van der Waals surface area (Å²) in [7, 11) is 3.19. The summed E-state index contributed by atoms with van der Waals surface area (Å²) in [5.41, 5.74) is 2.77. The number of hydrogen-bond donors (Lipinski definition) is 1. The standard InChI is InChI=1S/C22H28N2O4/c1-16-5-8-19(9-6-16)22(26)23-12-14-24(17(2)25)13-11-18-7-10-20(27-3)21(15-18)28-4/h5-10,15H,11-14H2,1-4H3,(H,23,26). The van der Waals surface area contributed by atoms with Crippen LogP contribution in [0.25, 0.3) is 0 Å². The normalized spacial score (nSPS) is 10.3. The van der Waals surface area contributed by atoms with Crippen molar-refractivity contribution in [2.24, 2.45) is 0 Å². The highest BCUT2D eigenvalue weighted by atomic mass is 16.5. The van der Waals surface area contributed by atoms with E-state index in [2.05, 4.69) is 5.32 Å². The van der Waals surface area contributed by atoms with E-state index in [0.29, 0.717) is 43.1 Å². The summed E-state index contributed by atoms with van der Waals surface area (Å²) in [6.45, 7) is 4.94. The van der Waals surface area contributed by atoms with Gasteiger partial charge in [0, 0.05) is 32.1 Å². The number of ether oxygens (including phenoxy) is 2. The minimum atomic E-state index is -0.136. The third-order valence-electron chi connectivity index (χ3n) is 4.54. The lowest BCUT2D eigenvalue weighted by Crippen LogP contribution is -2.38. The maximum atomic E-state index is 12.2. The molecule has 0 unspecified atom stereocenters. The van der Waals surface area contributed by atoms with E-state index in [0.717, 1.165) is 11.1 Å². The molecule has 0 fully saturated rings. The van der Waals surface area contributed by atoms with Crippen molar-refractivity contribution in [2.75, 3.05) is 33.9 Å². The molecular weight excluding hydrogens is 356 g/mol. The lowest BCUT2D eigenvalue weighted by molar-refractivity contribution is -0.128. The number of carbonyl (C=O) groups excluding carboxylic acids is 2. The van der Waals surface area contributed by atoms with Crippen molar-refractivity contribution >= 4 is 11.8 Å². The van der Waals surface area contributed by atoms with Gasteiger partial charge in [-0.2, -0.15) is 0 Å². The van der Waals surface area contributed by atoms with E-state index in [1.165, 1.54) is 6.92 Å². The van der Waals surface area contributed by atoms with Crippen LogP contribution in [0.4, 0.5) is 0 Å². The van der Waals surface area contributed by atoms with Crippen LogP contribution in [0, 0.1) is 6.92 Å². The third-order valence-corrected chi connectivity index (χ3v) is 4.54. The summed E-state index contributed by atoms with van der Waals surface area (Å²) in [6.07, 6.45) is 0.686. The fourth-order valence-corrected chi connectivity index (χ4v) is 2.84. The second-order valence-electron chi connectivity index (χ2n) is 6.57. The molecule has 0 saturated carbocycles. The summed E-state index contributed by atoms with van der Waals surface area (Å²) in [5.74, 6) is 1.18. The molecule has 0 aliphatic rings. The highest BCUT2D eigenvalue weighted by Crippen LogP contribution is 2.27. The molecule has 150 valence electrons. The summed E-state index contributed by atoms with van der Waals surface area (Å²) >= 11 is 0. The quantitative estimate of drug-likeness (QED) is 0.722. The number of hydrogen-bond acceptors (Lipinski definition) is 4. The van der Waals surface area contributed by atoms with E-state index in [1.54, 1.807) is 31.3 Å². The molecule has 0 radical (unpaired) electrons. The zero-order valence-corrected chi connectivity index (χ0v) is 17.0. The number of carbonyl (C=O) groups is 2. The van der Waals surface area contributed by atoms with E-state index >= 15 is 0 Å². The minimum Gasteiger partial charge on any atom is -0.493 e. The predicted molar refractivity (Wildman–Crippen MR) is 109 cm³/mol. The van der Waals surface area contributed by atoms with Gasteiger partial charge < -0.3 is 19.7 Å². The zero-order valence-electron chi connectivity index (χ0n) is 17.0. The van der Waals surface area contributed by atoms with Gasteiger partial charge in [-0.3, -0.25) is 9.59 Å². The summed E-state index contributed by atoms with van der Waals surface area (Å²) in [4.78, 5) is 25.8. The molecule has 1 N–H and O–H groups in total. The van der Waals surface area contributed by atoms with Crippen LogP contribution < -0.4 is 14.8 Å². The van der Waals surface area contributed by atoms with Crippen LogP contribution in [-0.4, -0.2) is 50.6 Å². The molecule has 0 spiro atoms. The third kappa shape index (κ3) is 6.01. The molecule has 2 rings (SSSR count). The van der Waals surface area contributed by atoms with Crippen LogP contribution in [0.3, 0.4) is 0 Å². The van der Waals surface area contributed by atoms with Gasteiger partial charge in [0.05, 0.1) is 14.2 Å². The van der Waals surface area contributed by atoms with E-state index in [1.807, 2.05) is 37.3 Å². The number of amides is 2. The molecule has 0 aromatic heterocycles. The Morgan fingerprint density at radius 3 is 2.25 bits per heavy atom. The van der Waals surface area contributed by atoms with Gasteiger partial charge in [0.2, 0.25) is 5.91 Å². The Balaban J connectivity index is 1.87. The molecule has 0 aliphatic heterocycles. The highest BCUT2D eigenvalue weighted by molar-refractivity contribution is 5.94. The number of benzene rings is 2. The Kier molecular flexibility index (Phi) is 7.87. The van der Waals surface area contributed by atoms with Gasteiger partial charge in [-0.25, -0.2) is 0 Å². The Bertz CT molecular complexity index is 803. The van der Waals surface area contributed by atoms with Crippen molar-refractivity contribution in [3.63, 3.8) is 0 Å². The van der Waals surface area contributed by atoms with Crippen molar-refractivity contribution in [1.82, 2.24) is 10.2 Å². The largest absolute Gasteiger partial charge is 0.493 e. The van der Waals surface area contributed by atoms with Gasteiger partial charge in [0.25, 0.3) is 5.91 Å². The second kappa shape index (κ2) is 10.3. The van der Waals surface area contributed by atoms with Gasteiger partial charge in [0.15, 0.2) is 11.5 Å². The van der Waals surface area contributed by atoms with Gasteiger partial charge in [-0.05, 0) is 43.2 Å². The second-order valence-corrected chi connectivity index (χ2v) is 6.57. The zero-order chi connectivity index (χ0) is 20.5. The maximum absolute atomic E-state index is 12.2. The fourth-order valence-electron chi connectivity index (χ4n) is 2.84. The van der Waals surface area contributed by atoms with Crippen molar-refractivity contribution in [3.05, 3.63) is 59.2 Å². The molecule has 0 saturated heterocycles. The molecule has 28 heavy (non-hydrogen) atoms. The smallest absolute Gasteiger partial charge is 0.251 e. The lowest BCUT2D eigenvalue weighted by atomic mass is 10.1. The van der Waals surface area contributed by atoms with E-state index in [-0.39, 0.29) is 11.8 Å². The molecule has 2 aromatic carbocycles. The van der Waals surface area contributed by atoms with E-state index < -0.39 is 0 Å². The van der Waals surface area contributed by atoms with Gasteiger partial charge in [-0.15, -0.1) is 0 Å². The molecule has 6 nitrogen and oxygen atoms in total. The highest BCUT2D eigenvalue weighted by Gasteiger charge is 2.11. The maximum Gasteiger partial charge on any atom is 0.251 e. The Hall–Kier alpha value is -3.02. The molecule has 6 heteroatoms. The molecule has 2 aromatic rings. The van der Waals surface area contributed by atoms with Gasteiger partial charge >= 0.3 is 0 Å². The molecular formula is C22H28N2O4. The predicted octanol–water partition coefficient (Wildman–Crippen LogP) is 2.83. The van der Waals surface area contributed by atoms with Crippen molar-refractivity contribution in [1.29, 1.82) is 0 Å². The molecule has 0 bridgehead atoms. The van der Waals surface area contributed by atoms with Crippen LogP contribution in [0.2, 0.25) is 0 Å². The number of nitrogens with zero attached hydrogens (tertiary/aromatic N) is 1. The van der Waals surface area contributed by atoms with Crippen LogP contribution in [-0.2, 0) is 11.2 Å². The minimum absolute atomic E-state index is 0.0231. The van der Waals surface area contributed by atoms with E-state index in [9.17, 15) is 9.59 Å². The van der Waals surface area contributed by atoms with Crippen LogP contribution in [0.1, 0.15) is 28.4 Å². The topological polar surface area (TPSA) is 67.9 Å². The van der Waals surface area contributed by atoms with Crippen molar-refractivity contribution in [2.45, 2.75) is 20.3 Å². The SMILES string of the molecule is COc1ccc(CCN(CCNC(=O)c2ccc(C)cc2)C(C)=O)cc1OC. The van der Waals surface area contributed by atoms with Gasteiger partial charge in [-0.1, -0.05) is 23.8 Å². The number of rotatable bonds is 9. The Labute approximate surface area is 166 Å². The first-order valence-electron chi connectivity index (χ1n) is 9.26. The first-order chi connectivity index (χ1) is 13.4. The first-order valence-corrected chi connectivity index (χ1v) is 9.26. The molecule has 0 aliphatic carbocycles. The Morgan fingerprint density at radius 2 is 1.64 bits per heavy atom. The number of nitrogens with one attached hydrogen (secondary N) is 1. The average molecular weight is 384 g/mol. The molecule has 2 amide bonds. The van der Waals surface area contributed by atoms with Crippen molar-refractivity contribution < 1.29 is 19.1 Å². The Morgan fingerprint density at radius 1 is 0.964 bits per heavy atom. The molecule has 0 atom stereocenters. The summed E-state index contributed by atoms with van der Waals surface area (Å²) < 4.78 is 10.6. The van der Waals surface area contributed by atoms with Gasteiger partial charge in [0.1, 0.15) is 0 Å². The first kappa shape index (κ1) is 21.3. The van der Waals surface area contributed by atoms with E-state index in [4.69, 9.17) is 9.47 Å². The summed E-state index contributed by atoms with van der Waals surface area (Å²) in [6, 6.07) is 13.1.